The molecule has 2 amide bonds. The molecule has 24 heavy (non-hydrogen) atoms. The zero-order valence-electron chi connectivity index (χ0n) is 13.4. The number of hydrogen-bond acceptors (Lipinski definition) is 5. The number of nitrogens with zero attached hydrogens (tertiary/aromatic N) is 1. The normalized spacial score (nSPS) is 14.1. The summed E-state index contributed by atoms with van der Waals surface area (Å²) in [7, 11) is 1.54. The number of rotatable bonds is 5. The van der Waals surface area contributed by atoms with E-state index in [9.17, 15) is 9.59 Å². The van der Waals surface area contributed by atoms with Gasteiger partial charge < -0.3 is 25.1 Å². The van der Waals surface area contributed by atoms with Crippen LogP contribution in [0.5, 0.6) is 5.75 Å². The molecule has 3 N–H and O–H groups in total. The van der Waals surface area contributed by atoms with Crippen molar-refractivity contribution >= 4 is 23.2 Å². The fraction of sp³-hybridized carbons (Fsp3) is 0.294. The predicted molar refractivity (Wildman–Crippen MR) is 89.1 cm³/mol. The van der Waals surface area contributed by atoms with E-state index in [1.54, 1.807) is 29.2 Å². The molecule has 0 spiro atoms. The van der Waals surface area contributed by atoms with E-state index in [4.69, 9.17) is 14.9 Å². The number of anilines is 2. The summed E-state index contributed by atoms with van der Waals surface area (Å²) in [5.41, 5.74) is 7.15. The number of carbonyl (C=O) groups is 2. The van der Waals surface area contributed by atoms with Gasteiger partial charge in [0.05, 0.1) is 24.9 Å². The molecule has 0 aliphatic carbocycles. The summed E-state index contributed by atoms with van der Waals surface area (Å²) in [6.07, 6.45) is 2.75. The highest BCUT2D eigenvalue weighted by Gasteiger charge is 2.24. The van der Waals surface area contributed by atoms with Crippen LogP contribution in [0.15, 0.2) is 34.9 Å². The summed E-state index contributed by atoms with van der Waals surface area (Å²) >= 11 is 0. The third kappa shape index (κ3) is 3.11. The highest BCUT2D eigenvalue weighted by atomic mass is 16.5. The van der Waals surface area contributed by atoms with E-state index in [0.717, 1.165) is 6.42 Å². The highest BCUT2D eigenvalue weighted by Crippen LogP contribution is 2.34. The molecule has 0 saturated carbocycles. The number of ether oxygens (including phenoxy) is 1. The van der Waals surface area contributed by atoms with E-state index < -0.39 is 0 Å². The van der Waals surface area contributed by atoms with Crippen molar-refractivity contribution in [3.8, 4) is 5.75 Å². The van der Waals surface area contributed by atoms with Gasteiger partial charge >= 0.3 is 0 Å². The van der Waals surface area contributed by atoms with Crippen LogP contribution in [0.2, 0.25) is 0 Å². The van der Waals surface area contributed by atoms with Gasteiger partial charge in [-0.2, -0.15) is 0 Å². The second-order valence-electron chi connectivity index (χ2n) is 5.50. The third-order valence-corrected chi connectivity index (χ3v) is 3.92. The van der Waals surface area contributed by atoms with E-state index >= 15 is 0 Å². The Hall–Kier alpha value is -2.80. The molecule has 0 atom stereocenters. The Bertz CT molecular complexity index is 769. The Morgan fingerprint density at radius 2 is 2.25 bits per heavy atom. The minimum Gasteiger partial charge on any atom is -0.494 e. The third-order valence-electron chi connectivity index (χ3n) is 3.92. The molecule has 1 fully saturated rings. The van der Waals surface area contributed by atoms with Crippen LogP contribution in [-0.2, 0) is 11.3 Å². The highest BCUT2D eigenvalue weighted by molar-refractivity contribution is 6.04. The van der Waals surface area contributed by atoms with Crippen LogP contribution in [-0.4, -0.2) is 25.5 Å². The van der Waals surface area contributed by atoms with E-state index in [-0.39, 0.29) is 18.4 Å². The van der Waals surface area contributed by atoms with Gasteiger partial charge in [0.25, 0.3) is 5.91 Å². The van der Waals surface area contributed by atoms with Crippen molar-refractivity contribution in [1.29, 1.82) is 0 Å². The molecule has 1 aliphatic heterocycles. The largest absolute Gasteiger partial charge is 0.494 e. The van der Waals surface area contributed by atoms with Gasteiger partial charge in [-0.25, -0.2) is 0 Å². The van der Waals surface area contributed by atoms with Crippen LogP contribution in [0.4, 0.5) is 11.4 Å². The topological polar surface area (TPSA) is 97.8 Å². The molecular formula is C17H19N3O4. The standard InChI is InChI=1S/C17H19N3O4/c1-23-15-8-12(4-5-14(15)20-6-2-3-16(20)21)19-17(22)11-7-13(9-18)24-10-11/h4-5,7-8,10H,2-3,6,9,18H2,1H3,(H,19,22). The smallest absolute Gasteiger partial charge is 0.258 e. The zero-order valence-corrected chi connectivity index (χ0v) is 13.4. The fourth-order valence-electron chi connectivity index (χ4n) is 2.69. The summed E-state index contributed by atoms with van der Waals surface area (Å²) in [5.74, 6) is 0.863. The van der Waals surface area contributed by atoms with Gasteiger partial charge in [-0.15, -0.1) is 0 Å². The lowest BCUT2D eigenvalue weighted by atomic mass is 10.2. The zero-order chi connectivity index (χ0) is 17.1. The predicted octanol–water partition coefficient (Wildman–Crippen LogP) is 2.13. The Balaban J connectivity index is 1.79. The first-order valence-corrected chi connectivity index (χ1v) is 7.69. The number of hydrogen-bond donors (Lipinski definition) is 2. The maximum atomic E-state index is 12.2. The van der Waals surface area contributed by atoms with Gasteiger partial charge in [0.15, 0.2) is 0 Å². The maximum absolute atomic E-state index is 12.2. The molecule has 2 heterocycles. The summed E-state index contributed by atoms with van der Waals surface area (Å²) in [6.45, 7) is 0.914. The van der Waals surface area contributed by atoms with Crippen LogP contribution in [0.3, 0.4) is 0 Å². The minimum atomic E-state index is -0.300. The number of nitrogens with one attached hydrogen (secondary N) is 1. The van der Waals surface area contributed by atoms with Gasteiger partial charge in [0.1, 0.15) is 17.8 Å². The summed E-state index contributed by atoms with van der Waals surface area (Å²) < 4.78 is 10.5. The summed E-state index contributed by atoms with van der Waals surface area (Å²) in [5, 5.41) is 2.78. The molecule has 0 radical (unpaired) electrons. The molecule has 1 saturated heterocycles. The monoisotopic (exact) mass is 329 g/mol. The minimum absolute atomic E-state index is 0.0813. The second-order valence-corrected chi connectivity index (χ2v) is 5.50. The van der Waals surface area contributed by atoms with Crippen LogP contribution < -0.4 is 20.7 Å². The van der Waals surface area contributed by atoms with Crippen molar-refractivity contribution in [2.24, 2.45) is 5.73 Å². The lowest BCUT2D eigenvalue weighted by Gasteiger charge is -2.19. The van der Waals surface area contributed by atoms with Crippen LogP contribution in [0.25, 0.3) is 0 Å². The first kappa shape index (κ1) is 16.1. The molecule has 0 unspecified atom stereocenters. The van der Waals surface area contributed by atoms with Crippen LogP contribution in [0.1, 0.15) is 29.0 Å². The second kappa shape index (κ2) is 6.76. The molecule has 126 valence electrons. The lowest BCUT2D eigenvalue weighted by molar-refractivity contribution is -0.117. The summed E-state index contributed by atoms with van der Waals surface area (Å²) in [6, 6.07) is 6.82. The molecule has 3 rings (SSSR count). The van der Waals surface area contributed by atoms with Crippen molar-refractivity contribution in [2.45, 2.75) is 19.4 Å². The van der Waals surface area contributed by atoms with Crippen molar-refractivity contribution in [3.05, 3.63) is 41.9 Å². The van der Waals surface area contributed by atoms with E-state index in [2.05, 4.69) is 5.32 Å². The Morgan fingerprint density at radius 1 is 1.42 bits per heavy atom. The van der Waals surface area contributed by atoms with Crippen molar-refractivity contribution in [2.75, 3.05) is 23.9 Å². The van der Waals surface area contributed by atoms with Crippen LogP contribution >= 0.6 is 0 Å². The average Bonchev–Trinajstić information content (AvgIpc) is 3.23. The van der Waals surface area contributed by atoms with Crippen LogP contribution in [0, 0.1) is 0 Å². The lowest BCUT2D eigenvalue weighted by Crippen LogP contribution is -2.24. The molecular weight excluding hydrogens is 310 g/mol. The van der Waals surface area contributed by atoms with Gasteiger partial charge in [0, 0.05) is 24.7 Å². The number of furan rings is 1. The first-order chi connectivity index (χ1) is 11.6. The molecule has 1 aromatic heterocycles. The number of benzene rings is 1. The van der Waals surface area contributed by atoms with E-state index in [1.165, 1.54) is 13.4 Å². The number of amides is 2. The molecule has 7 nitrogen and oxygen atoms in total. The van der Waals surface area contributed by atoms with Crippen molar-refractivity contribution in [3.63, 3.8) is 0 Å². The summed E-state index contributed by atoms with van der Waals surface area (Å²) in [4.78, 5) is 25.8. The first-order valence-electron chi connectivity index (χ1n) is 7.69. The quantitative estimate of drug-likeness (QED) is 0.875. The van der Waals surface area contributed by atoms with Gasteiger partial charge in [-0.1, -0.05) is 0 Å². The van der Waals surface area contributed by atoms with Gasteiger partial charge in [-0.05, 0) is 24.6 Å². The molecule has 1 aromatic carbocycles. The Labute approximate surface area is 139 Å². The average molecular weight is 329 g/mol. The number of carbonyl (C=O) groups excluding carboxylic acids is 2. The number of methoxy groups -OCH3 is 1. The SMILES string of the molecule is COc1cc(NC(=O)c2coc(CN)c2)ccc1N1CCCC1=O. The number of nitrogens with two attached hydrogens (primary N) is 1. The van der Waals surface area contributed by atoms with Crippen molar-refractivity contribution < 1.29 is 18.7 Å². The molecule has 0 bridgehead atoms. The van der Waals surface area contributed by atoms with E-state index in [1.807, 2.05) is 0 Å². The van der Waals surface area contributed by atoms with Gasteiger partial charge in [0.2, 0.25) is 5.91 Å². The van der Waals surface area contributed by atoms with Gasteiger partial charge in [-0.3, -0.25) is 9.59 Å². The Kier molecular flexibility index (Phi) is 4.52. The molecule has 7 heteroatoms. The molecule has 1 aliphatic rings. The van der Waals surface area contributed by atoms with E-state index in [0.29, 0.717) is 41.4 Å². The Morgan fingerprint density at radius 3 is 2.88 bits per heavy atom. The maximum Gasteiger partial charge on any atom is 0.258 e. The van der Waals surface area contributed by atoms with Crippen molar-refractivity contribution in [1.82, 2.24) is 0 Å². The fourth-order valence-corrected chi connectivity index (χ4v) is 2.69. The molecule has 2 aromatic rings.